The molecule has 0 atom stereocenters. The molecule has 0 saturated carbocycles. The summed E-state index contributed by atoms with van der Waals surface area (Å²) in [6.45, 7) is 0.347. The minimum absolute atomic E-state index is 0.136. The third kappa shape index (κ3) is 4.04. The summed E-state index contributed by atoms with van der Waals surface area (Å²) in [5.41, 5.74) is 1.22. The normalized spacial score (nSPS) is 10.4. The van der Waals surface area contributed by atoms with Gasteiger partial charge in [-0.3, -0.25) is 4.79 Å². The van der Waals surface area contributed by atoms with Crippen molar-refractivity contribution >= 4 is 11.6 Å². The number of anilines is 1. The molecule has 0 heterocycles. The lowest BCUT2D eigenvalue weighted by Gasteiger charge is -2.23. The Morgan fingerprint density at radius 3 is 2.27 bits per heavy atom. The van der Waals surface area contributed by atoms with E-state index in [1.165, 1.54) is 23.1 Å². The van der Waals surface area contributed by atoms with Crippen LogP contribution in [0.2, 0.25) is 0 Å². The molecule has 0 aliphatic carbocycles. The van der Waals surface area contributed by atoms with Crippen LogP contribution >= 0.6 is 0 Å². The van der Waals surface area contributed by atoms with Gasteiger partial charge in [0.2, 0.25) is 5.91 Å². The first kappa shape index (κ1) is 15.9. The third-order valence-electron chi connectivity index (χ3n) is 3.43. The zero-order chi connectivity index (χ0) is 16.1. The second kappa shape index (κ2) is 7.02. The second-order valence-corrected chi connectivity index (χ2v) is 5.17. The van der Waals surface area contributed by atoms with Crippen LogP contribution in [0.4, 0.5) is 14.5 Å². The quantitative estimate of drug-likeness (QED) is 0.847. The lowest BCUT2D eigenvalue weighted by atomic mass is 10.2. The van der Waals surface area contributed by atoms with Gasteiger partial charge in [0, 0.05) is 31.9 Å². The Bertz CT molecular complexity index is 643. The first-order valence-corrected chi connectivity index (χ1v) is 6.91. The molecule has 116 valence electrons. The monoisotopic (exact) mass is 304 g/mol. The van der Waals surface area contributed by atoms with E-state index in [-0.39, 0.29) is 30.6 Å². The van der Waals surface area contributed by atoms with Crippen molar-refractivity contribution in [3.8, 4) is 0 Å². The molecular weight excluding hydrogens is 286 g/mol. The topological polar surface area (TPSA) is 23.6 Å². The summed E-state index contributed by atoms with van der Waals surface area (Å²) in [5.74, 6) is -0.788. The van der Waals surface area contributed by atoms with Gasteiger partial charge in [0.1, 0.15) is 11.6 Å². The number of hydrogen-bond donors (Lipinski definition) is 0. The Kier molecular flexibility index (Phi) is 5.09. The molecule has 0 fully saturated rings. The predicted octanol–water partition coefficient (Wildman–Crippen LogP) is 3.06. The van der Waals surface area contributed by atoms with Crippen LogP contribution in [0.5, 0.6) is 0 Å². The fourth-order valence-corrected chi connectivity index (χ4v) is 2.08. The molecule has 22 heavy (non-hydrogen) atoms. The van der Waals surface area contributed by atoms with Crippen molar-refractivity contribution in [1.29, 1.82) is 0 Å². The molecule has 5 heteroatoms. The maximum atomic E-state index is 13.6. The van der Waals surface area contributed by atoms with Crippen LogP contribution in [-0.2, 0) is 11.3 Å². The summed E-state index contributed by atoms with van der Waals surface area (Å²) in [4.78, 5) is 15.4. The van der Waals surface area contributed by atoms with Crippen molar-refractivity contribution in [3.63, 3.8) is 0 Å². The van der Waals surface area contributed by atoms with Crippen molar-refractivity contribution in [2.75, 3.05) is 25.5 Å². The molecule has 0 spiro atoms. The second-order valence-electron chi connectivity index (χ2n) is 5.17. The summed E-state index contributed by atoms with van der Waals surface area (Å²) in [7, 11) is 3.38. The molecule has 0 N–H and O–H groups in total. The lowest BCUT2D eigenvalue weighted by Crippen LogP contribution is -2.36. The van der Waals surface area contributed by atoms with Crippen molar-refractivity contribution in [2.24, 2.45) is 0 Å². The first-order valence-electron chi connectivity index (χ1n) is 6.91. The maximum Gasteiger partial charge on any atom is 0.242 e. The van der Waals surface area contributed by atoms with E-state index in [0.29, 0.717) is 5.56 Å². The summed E-state index contributed by atoms with van der Waals surface area (Å²) in [5, 5.41) is 0. The van der Waals surface area contributed by atoms with Crippen LogP contribution in [0.15, 0.2) is 48.5 Å². The number of carbonyl (C=O) groups is 1. The molecular formula is C17H18F2N2O. The number of hydrogen-bond acceptors (Lipinski definition) is 2. The molecule has 1 amide bonds. The van der Waals surface area contributed by atoms with E-state index in [0.717, 1.165) is 5.69 Å². The number of halogens is 2. The molecule has 0 aliphatic rings. The van der Waals surface area contributed by atoms with E-state index in [9.17, 15) is 13.6 Å². The van der Waals surface area contributed by atoms with Gasteiger partial charge < -0.3 is 9.80 Å². The van der Waals surface area contributed by atoms with Gasteiger partial charge >= 0.3 is 0 Å². The van der Waals surface area contributed by atoms with Crippen LogP contribution in [0.25, 0.3) is 0 Å². The molecule has 0 radical (unpaired) electrons. The van der Waals surface area contributed by atoms with Crippen LogP contribution in [0, 0.1) is 11.6 Å². The Morgan fingerprint density at radius 1 is 1.00 bits per heavy atom. The van der Waals surface area contributed by atoms with Crippen LogP contribution < -0.4 is 4.90 Å². The van der Waals surface area contributed by atoms with E-state index in [2.05, 4.69) is 0 Å². The Balaban J connectivity index is 1.96. The smallest absolute Gasteiger partial charge is 0.242 e. The largest absolute Gasteiger partial charge is 0.365 e. The van der Waals surface area contributed by atoms with Crippen molar-refractivity contribution in [3.05, 3.63) is 65.7 Å². The number of rotatable bonds is 5. The third-order valence-corrected chi connectivity index (χ3v) is 3.43. The number of likely N-dealkylation sites (N-methyl/N-ethyl adjacent to an activating group) is 2. The van der Waals surface area contributed by atoms with E-state index in [1.54, 1.807) is 49.3 Å². The highest BCUT2D eigenvalue weighted by Crippen LogP contribution is 2.14. The standard InChI is InChI=1S/C17H18F2N2O/c1-20(15-9-7-14(18)8-10-15)12-17(22)21(2)11-13-5-3-4-6-16(13)19/h3-10H,11-12H2,1-2H3. The molecule has 2 aromatic rings. The summed E-state index contributed by atoms with van der Waals surface area (Å²) in [6.07, 6.45) is 0. The van der Waals surface area contributed by atoms with E-state index in [1.807, 2.05) is 0 Å². The molecule has 0 aliphatic heterocycles. The summed E-state index contributed by atoms with van der Waals surface area (Å²) < 4.78 is 26.5. The van der Waals surface area contributed by atoms with Gasteiger partial charge in [-0.25, -0.2) is 8.78 Å². The maximum absolute atomic E-state index is 13.6. The molecule has 2 aromatic carbocycles. The van der Waals surface area contributed by atoms with Gasteiger partial charge in [-0.15, -0.1) is 0 Å². The van der Waals surface area contributed by atoms with Gasteiger partial charge in [-0.2, -0.15) is 0 Å². The molecule has 2 rings (SSSR count). The van der Waals surface area contributed by atoms with Crippen molar-refractivity contribution < 1.29 is 13.6 Å². The van der Waals surface area contributed by atoms with Gasteiger partial charge in [-0.1, -0.05) is 18.2 Å². The Hall–Kier alpha value is -2.43. The van der Waals surface area contributed by atoms with E-state index >= 15 is 0 Å². The van der Waals surface area contributed by atoms with Crippen LogP contribution in [0.1, 0.15) is 5.56 Å². The Morgan fingerprint density at radius 2 is 1.64 bits per heavy atom. The SMILES string of the molecule is CN(Cc1ccccc1F)C(=O)CN(C)c1ccc(F)cc1. The highest BCUT2D eigenvalue weighted by atomic mass is 19.1. The first-order chi connectivity index (χ1) is 10.5. The average Bonchev–Trinajstić information content (AvgIpc) is 2.50. The van der Waals surface area contributed by atoms with E-state index < -0.39 is 0 Å². The van der Waals surface area contributed by atoms with Crippen molar-refractivity contribution in [1.82, 2.24) is 4.90 Å². The number of carbonyl (C=O) groups excluding carboxylic acids is 1. The minimum atomic E-state index is -0.325. The van der Waals surface area contributed by atoms with Gasteiger partial charge in [-0.05, 0) is 30.3 Å². The number of nitrogens with zero attached hydrogens (tertiary/aromatic N) is 2. The van der Waals surface area contributed by atoms with Gasteiger partial charge in [0.25, 0.3) is 0 Å². The van der Waals surface area contributed by atoms with Gasteiger partial charge in [0.05, 0.1) is 6.54 Å². The summed E-state index contributed by atoms with van der Waals surface area (Å²) >= 11 is 0. The molecule has 0 saturated heterocycles. The molecule has 0 aromatic heterocycles. The minimum Gasteiger partial charge on any atom is -0.365 e. The fraction of sp³-hybridized carbons (Fsp3) is 0.235. The zero-order valence-electron chi connectivity index (χ0n) is 12.6. The lowest BCUT2D eigenvalue weighted by molar-refractivity contribution is -0.128. The summed E-state index contributed by atoms with van der Waals surface area (Å²) in [6, 6.07) is 12.3. The highest BCUT2D eigenvalue weighted by molar-refractivity contribution is 5.81. The highest BCUT2D eigenvalue weighted by Gasteiger charge is 2.14. The molecule has 3 nitrogen and oxygen atoms in total. The zero-order valence-corrected chi connectivity index (χ0v) is 12.6. The van der Waals surface area contributed by atoms with Gasteiger partial charge in [0.15, 0.2) is 0 Å². The number of benzene rings is 2. The van der Waals surface area contributed by atoms with Crippen LogP contribution in [-0.4, -0.2) is 31.4 Å². The number of amides is 1. The van der Waals surface area contributed by atoms with Crippen LogP contribution in [0.3, 0.4) is 0 Å². The predicted molar refractivity (Wildman–Crippen MR) is 82.5 cm³/mol. The molecule has 0 bridgehead atoms. The van der Waals surface area contributed by atoms with E-state index in [4.69, 9.17) is 0 Å². The molecule has 0 unspecified atom stereocenters. The average molecular weight is 304 g/mol. The Labute approximate surface area is 128 Å². The van der Waals surface area contributed by atoms with Crippen molar-refractivity contribution in [2.45, 2.75) is 6.54 Å². The fourth-order valence-electron chi connectivity index (χ4n) is 2.08.